The first-order valence-electron chi connectivity index (χ1n) is 12.1. The number of nitrogens with zero attached hydrogens (tertiary/aromatic N) is 6. The van der Waals surface area contributed by atoms with Gasteiger partial charge in [-0.25, -0.2) is 26.9 Å². The van der Waals surface area contributed by atoms with Gasteiger partial charge in [-0.1, -0.05) is 11.3 Å². The molecule has 11 nitrogen and oxygen atoms in total. The van der Waals surface area contributed by atoms with Crippen molar-refractivity contribution in [2.75, 3.05) is 44.3 Å². The minimum absolute atomic E-state index is 0.0435. The predicted octanol–water partition coefficient (Wildman–Crippen LogP) is 1.50. The topological polar surface area (TPSA) is 125 Å². The third kappa shape index (κ3) is 4.61. The maximum absolute atomic E-state index is 13.4. The van der Waals surface area contributed by atoms with E-state index in [-0.39, 0.29) is 34.5 Å². The van der Waals surface area contributed by atoms with Gasteiger partial charge in [-0.3, -0.25) is 9.30 Å². The lowest BCUT2D eigenvalue weighted by Gasteiger charge is -2.47. The van der Waals surface area contributed by atoms with Gasteiger partial charge in [0.15, 0.2) is 15.8 Å². The molecule has 2 saturated heterocycles. The van der Waals surface area contributed by atoms with E-state index in [2.05, 4.69) is 29.7 Å². The molecule has 0 spiro atoms. The normalized spacial score (nSPS) is 24.1. The first-order valence-corrected chi connectivity index (χ1v) is 14.4. The Balaban J connectivity index is 1.45. The van der Waals surface area contributed by atoms with Crippen LogP contribution in [0, 0.1) is 0 Å². The van der Waals surface area contributed by atoms with E-state index in [1.807, 2.05) is 6.92 Å². The summed E-state index contributed by atoms with van der Waals surface area (Å²) in [5, 5.41) is 17.0. The highest BCUT2D eigenvalue weighted by molar-refractivity contribution is 7.89. The number of piperazine rings is 1. The Morgan fingerprint density at radius 3 is 2.81 bits per heavy atom. The fourth-order valence-electron chi connectivity index (χ4n) is 5.00. The molecule has 1 saturated carbocycles. The summed E-state index contributed by atoms with van der Waals surface area (Å²) >= 11 is 0.721. The number of aliphatic hydroxyl groups is 1. The molecular weight excluding hydrogens is 528 g/mol. The lowest BCUT2D eigenvalue weighted by Crippen LogP contribution is -2.62. The largest absolute Gasteiger partial charge is 0.394 e. The number of anilines is 1. The number of imidazole rings is 1. The Morgan fingerprint density at radius 1 is 1.30 bits per heavy atom. The molecule has 3 aliphatic rings. The Morgan fingerprint density at radius 2 is 2.11 bits per heavy atom. The van der Waals surface area contributed by atoms with E-state index < -0.39 is 27.0 Å². The summed E-state index contributed by atoms with van der Waals surface area (Å²) in [4.78, 5) is 8.82. The molecule has 5 heterocycles. The van der Waals surface area contributed by atoms with Crippen molar-refractivity contribution in [1.82, 2.24) is 29.2 Å². The molecule has 1 aliphatic carbocycles. The number of hydrogen-bond donors (Lipinski definition) is 2. The van der Waals surface area contributed by atoms with E-state index in [1.165, 1.54) is 6.20 Å². The summed E-state index contributed by atoms with van der Waals surface area (Å²) in [6.07, 6.45) is 1.45. The van der Waals surface area contributed by atoms with Crippen molar-refractivity contribution in [1.29, 1.82) is 0 Å². The Labute approximate surface area is 216 Å². The van der Waals surface area contributed by atoms with Gasteiger partial charge >= 0.3 is 0 Å². The molecule has 0 bridgehead atoms. The molecule has 2 N–H and O–H groups in total. The summed E-state index contributed by atoms with van der Waals surface area (Å²) in [5.41, 5.74) is 0.783. The molecule has 0 unspecified atom stereocenters. The van der Waals surface area contributed by atoms with E-state index in [1.54, 1.807) is 16.7 Å². The van der Waals surface area contributed by atoms with Crippen LogP contribution in [0.25, 0.3) is 16.3 Å². The Hall–Kier alpha value is -2.30. The number of rotatable bonds is 7. The number of halogens is 2. The van der Waals surface area contributed by atoms with E-state index in [0.29, 0.717) is 30.9 Å². The average Bonchev–Trinajstić information content (AvgIpc) is 3.25. The smallest absolute Gasteiger partial charge is 0.291 e. The second kappa shape index (κ2) is 9.17. The second-order valence-corrected chi connectivity index (χ2v) is 12.6. The van der Waals surface area contributed by atoms with Crippen molar-refractivity contribution < 1.29 is 27.0 Å². The molecule has 3 aromatic rings. The number of fused-ring (bicyclic) bond motifs is 2. The quantitative estimate of drug-likeness (QED) is 0.446. The van der Waals surface area contributed by atoms with Crippen molar-refractivity contribution >= 4 is 32.6 Å². The maximum Gasteiger partial charge on any atom is 0.291 e. The third-order valence-electron chi connectivity index (χ3n) is 7.30. The van der Waals surface area contributed by atoms with Crippen molar-refractivity contribution in [3.8, 4) is 10.8 Å². The lowest BCUT2D eigenvalue weighted by atomic mass is 10.0. The van der Waals surface area contributed by atoms with Gasteiger partial charge in [0, 0.05) is 37.9 Å². The van der Waals surface area contributed by atoms with Crippen LogP contribution in [-0.4, -0.2) is 95.1 Å². The molecule has 15 heteroatoms. The number of aromatic nitrogens is 4. The number of sulfonamides is 1. The number of alkyl halides is 2. The monoisotopic (exact) mass is 555 g/mol. The Kier molecular flexibility index (Phi) is 6.19. The molecule has 0 amide bonds. The number of aliphatic hydroxyl groups excluding tert-OH is 1. The molecule has 2 atom stereocenters. The molecule has 2 aliphatic heterocycles. The van der Waals surface area contributed by atoms with Crippen LogP contribution in [0.1, 0.15) is 31.2 Å². The summed E-state index contributed by atoms with van der Waals surface area (Å²) in [6, 6.07) is 1.57. The highest BCUT2D eigenvalue weighted by Crippen LogP contribution is 2.38. The summed E-state index contributed by atoms with van der Waals surface area (Å²) in [7, 11) is -3.88. The summed E-state index contributed by atoms with van der Waals surface area (Å²) in [5.74, 6) is 0.239. The number of ether oxygens (including phenoxy) is 1. The number of morpholine rings is 1. The fourth-order valence-corrected chi connectivity index (χ4v) is 7.18. The summed E-state index contributed by atoms with van der Waals surface area (Å²) < 4.78 is 63.3. The lowest BCUT2D eigenvalue weighted by molar-refractivity contribution is -0.0934. The van der Waals surface area contributed by atoms with Crippen LogP contribution in [0.4, 0.5) is 14.5 Å². The standard InChI is InChI=1S/C22H27F2N7O4S2/c1-22(2-3-22)28-37(33,34)13-8-14(30-5-4-29-6-7-35-17(12-32)16(29)11-30)15-9-25-19(31(15)10-13)21-27-26-20(36-21)18(23)24/h8-10,16-18,28,32H,2-7,11-12H2,1H3/t16-,17+/m0/s1. The van der Waals surface area contributed by atoms with Crippen LogP contribution in [0.15, 0.2) is 23.4 Å². The first kappa shape index (κ1) is 25.0. The minimum Gasteiger partial charge on any atom is -0.394 e. The fraction of sp³-hybridized carbons (Fsp3) is 0.591. The van der Waals surface area contributed by atoms with Crippen LogP contribution >= 0.6 is 11.3 Å². The zero-order valence-electron chi connectivity index (χ0n) is 20.0. The van der Waals surface area contributed by atoms with E-state index in [4.69, 9.17) is 4.74 Å². The number of hydrogen-bond acceptors (Lipinski definition) is 10. The molecule has 0 aromatic carbocycles. The highest BCUT2D eigenvalue weighted by atomic mass is 32.2. The van der Waals surface area contributed by atoms with Crippen LogP contribution in [-0.2, 0) is 14.8 Å². The maximum atomic E-state index is 13.4. The first-order chi connectivity index (χ1) is 17.7. The van der Waals surface area contributed by atoms with E-state index in [9.17, 15) is 22.3 Å². The highest BCUT2D eigenvalue weighted by Gasteiger charge is 2.42. The third-order valence-corrected chi connectivity index (χ3v) is 9.83. The van der Waals surface area contributed by atoms with E-state index in [0.717, 1.165) is 37.3 Å². The van der Waals surface area contributed by atoms with Gasteiger partial charge in [0.25, 0.3) is 6.43 Å². The minimum atomic E-state index is -3.88. The van der Waals surface area contributed by atoms with Gasteiger partial charge in [0.2, 0.25) is 10.0 Å². The van der Waals surface area contributed by atoms with E-state index >= 15 is 0 Å². The number of nitrogens with one attached hydrogen (secondary N) is 1. The van der Waals surface area contributed by atoms with Gasteiger partial charge in [0.05, 0.1) is 42.8 Å². The molecule has 3 aromatic heterocycles. The molecule has 6 rings (SSSR count). The second-order valence-electron chi connectivity index (χ2n) is 9.95. The molecule has 0 radical (unpaired) electrons. The molecule has 200 valence electrons. The van der Waals surface area contributed by atoms with Crippen molar-refractivity contribution in [2.24, 2.45) is 0 Å². The zero-order valence-corrected chi connectivity index (χ0v) is 21.7. The van der Waals surface area contributed by atoms with Gasteiger partial charge in [-0.05, 0) is 25.8 Å². The van der Waals surface area contributed by atoms with Crippen molar-refractivity contribution in [2.45, 2.75) is 48.8 Å². The van der Waals surface area contributed by atoms with Gasteiger partial charge in [0.1, 0.15) is 4.90 Å². The summed E-state index contributed by atoms with van der Waals surface area (Å²) in [6.45, 7) is 4.94. The molecule has 3 fully saturated rings. The molecular formula is C22H27F2N7O4S2. The van der Waals surface area contributed by atoms with Gasteiger partial charge < -0.3 is 14.7 Å². The SMILES string of the molecule is CC1(NS(=O)(=O)c2cc(N3CCN4CCO[C@H](CO)[C@@H]4C3)c3cnc(-c4nnc(C(F)F)s4)n3c2)CC1. The van der Waals surface area contributed by atoms with Crippen LogP contribution in [0.2, 0.25) is 0 Å². The zero-order chi connectivity index (χ0) is 25.9. The molecule has 37 heavy (non-hydrogen) atoms. The van der Waals surface area contributed by atoms with Crippen LogP contribution in [0.3, 0.4) is 0 Å². The van der Waals surface area contributed by atoms with Crippen molar-refractivity contribution in [3.05, 3.63) is 23.5 Å². The average molecular weight is 556 g/mol. The Bertz CT molecular complexity index is 1420. The van der Waals surface area contributed by atoms with Crippen LogP contribution < -0.4 is 9.62 Å². The van der Waals surface area contributed by atoms with Gasteiger partial charge in [-0.15, -0.1) is 10.2 Å². The number of pyridine rings is 1. The van der Waals surface area contributed by atoms with Gasteiger partial charge in [-0.2, -0.15) is 0 Å². The van der Waals surface area contributed by atoms with Crippen molar-refractivity contribution in [3.63, 3.8) is 0 Å². The predicted molar refractivity (Wildman–Crippen MR) is 131 cm³/mol. The van der Waals surface area contributed by atoms with Crippen LogP contribution in [0.5, 0.6) is 0 Å².